The average Bonchev–Trinajstić information content (AvgIpc) is 3.28. The highest BCUT2D eigenvalue weighted by molar-refractivity contribution is 5.86. The first-order valence-electron chi connectivity index (χ1n) is 12.2. The highest BCUT2D eigenvalue weighted by Gasteiger charge is 2.39. The van der Waals surface area contributed by atoms with Crippen LogP contribution < -0.4 is 11.2 Å². The first-order valence-corrected chi connectivity index (χ1v) is 12.2. The molecule has 1 amide bonds. The lowest BCUT2D eigenvalue weighted by molar-refractivity contribution is -0.146. The van der Waals surface area contributed by atoms with Crippen molar-refractivity contribution in [1.29, 1.82) is 0 Å². The van der Waals surface area contributed by atoms with Crippen LogP contribution >= 0.6 is 0 Å². The summed E-state index contributed by atoms with van der Waals surface area (Å²) in [5.41, 5.74) is -2.96. The molecular formula is C25H26F3N3O6. The van der Waals surface area contributed by atoms with Crippen molar-refractivity contribution >= 4 is 11.9 Å². The predicted molar refractivity (Wildman–Crippen MR) is 124 cm³/mol. The second-order valence-electron chi connectivity index (χ2n) is 9.74. The minimum Gasteiger partial charge on any atom is -0.477 e. The van der Waals surface area contributed by atoms with Crippen LogP contribution in [0, 0.1) is 0 Å². The first kappa shape index (κ1) is 25.2. The van der Waals surface area contributed by atoms with E-state index in [1.165, 1.54) is 16.7 Å². The maximum atomic E-state index is 13.6. The third kappa shape index (κ3) is 4.47. The van der Waals surface area contributed by atoms with E-state index in [1.54, 1.807) is 4.90 Å². The Bertz CT molecular complexity index is 1360. The van der Waals surface area contributed by atoms with Crippen molar-refractivity contribution < 1.29 is 32.6 Å². The van der Waals surface area contributed by atoms with Gasteiger partial charge < -0.3 is 14.7 Å². The summed E-state index contributed by atoms with van der Waals surface area (Å²) in [5.74, 6) is -1.60. The van der Waals surface area contributed by atoms with E-state index in [2.05, 4.69) is 0 Å². The number of rotatable bonds is 4. The SMILES string of the molecule is O=C(O)c1cn([C@H]2CC[C@H](N3CCOCC3=O)CC2)c(=O)n([C@@H]2CCc3c2cccc3C(F)(F)F)c1=O. The van der Waals surface area contributed by atoms with E-state index < -0.39 is 46.6 Å². The van der Waals surface area contributed by atoms with Crippen LogP contribution in [0.3, 0.4) is 0 Å². The van der Waals surface area contributed by atoms with E-state index >= 15 is 0 Å². The number of benzene rings is 1. The number of fused-ring (bicyclic) bond motifs is 1. The number of alkyl halides is 3. The molecule has 0 unspecified atom stereocenters. The zero-order valence-electron chi connectivity index (χ0n) is 19.9. The molecule has 3 aliphatic rings. The molecule has 1 aliphatic heterocycles. The molecule has 1 N–H and O–H groups in total. The lowest BCUT2D eigenvalue weighted by Gasteiger charge is -2.39. The molecule has 1 aromatic carbocycles. The van der Waals surface area contributed by atoms with E-state index in [0.29, 0.717) is 38.8 Å². The highest BCUT2D eigenvalue weighted by Crippen LogP contribution is 2.41. The second kappa shape index (κ2) is 9.47. The number of ether oxygens (including phenoxy) is 1. The van der Waals surface area contributed by atoms with Crippen LogP contribution in [-0.4, -0.2) is 56.8 Å². The van der Waals surface area contributed by atoms with E-state index in [0.717, 1.165) is 16.8 Å². The number of halogens is 3. The molecule has 2 aliphatic carbocycles. The first-order chi connectivity index (χ1) is 17.6. The fourth-order valence-electron chi connectivity index (χ4n) is 6.00. The Balaban J connectivity index is 1.51. The van der Waals surface area contributed by atoms with E-state index in [-0.39, 0.29) is 42.5 Å². The Morgan fingerprint density at radius 1 is 1.03 bits per heavy atom. The van der Waals surface area contributed by atoms with Crippen LogP contribution in [0.1, 0.15) is 71.2 Å². The summed E-state index contributed by atoms with van der Waals surface area (Å²) in [6.45, 7) is 0.978. The number of carbonyl (C=O) groups is 2. The van der Waals surface area contributed by atoms with Crippen molar-refractivity contribution in [3.8, 4) is 0 Å². The van der Waals surface area contributed by atoms with Gasteiger partial charge in [-0.2, -0.15) is 13.2 Å². The number of carboxylic acids is 1. The van der Waals surface area contributed by atoms with Crippen LogP contribution in [0.25, 0.3) is 0 Å². The molecule has 1 saturated heterocycles. The second-order valence-corrected chi connectivity index (χ2v) is 9.74. The minimum absolute atomic E-state index is 0.0115. The number of hydrogen-bond donors (Lipinski definition) is 1. The van der Waals surface area contributed by atoms with Crippen molar-refractivity contribution in [3.63, 3.8) is 0 Å². The summed E-state index contributed by atoms with van der Waals surface area (Å²) in [4.78, 5) is 52.6. The average molecular weight is 521 g/mol. The highest BCUT2D eigenvalue weighted by atomic mass is 19.4. The zero-order valence-corrected chi connectivity index (χ0v) is 19.9. The van der Waals surface area contributed by atoms with Crippen molar-refractivity contribution in [1.82, 2.24) is 14.0 Å². The van der Waals surface area contributed by atoms with Crippen molar-refractivity contribution in [3.05, 3.63) is 67.5 Å². The monoisotopic (exact) mass is 521 g/mol. The molecule has 1 saturated carbocycles. The van der Waals surface area contributed by atoms with E-state index in [1.807, 2.05) is 0 Å². The Kier molecular flexibility index (Phi) is 6.47. The van der Waals surface area contributed by atoms with Gasteiger partial charge in [-0.25, -0.2) is 9.59 Å². The molecule has 12 heteroatoms. The zero-order chi connectivity index (χ0) is 26.5. The molecule has 198 valence electrons. The van der Waals surface area contributed by atoms with Crippen molar-refractivity contribution in [2.45, 2.75) is 62.8 Å². The predicted octanol–water partition coefficient (Wildman–Crippen LogP) is 2.61. The summed E-state index contributed by atoms with van der Waals surface area (Å²) in [5, 5.41) is 9.70. The van der Waals surface area contributed by atoms with Crippen LogP contribution in [-0.2, 0) is 22.1 Å². The third-order valence-electron chi connectivity index (χ3n) is 7.75. The quantitative estimate of drug-likeness (QED) is 0.663. The summed E-state index contributed by atoms with van der Waals surface area (Å²) in [7, 11) is 0. The Morgan fingerprint density at radius 3 is 2.38 bits per heavy atom. The fourth-order valence-corrected chi connectivity index (χ4v) is 6.00. The van der Waals surface area contributed by atoms with Crippen molar-refractivity contribution in [2.24, 2.45) is 0 Å². The minimum atomic E-state index is -4.59. The van der Waals surface area contributed by atoms with Crippen LogP contribution in [0.4, 0.5) is 13.2 Å². The number of hydrogen-bond acceptors (Lipinski definition) is 5. The van der Waals surface area contributed by atoms with Gasteiger partial charge in [0.2, 0.25) is 5.91 Å². The third-order valence-corrected chi connectivity index (χ3v) is 7.75. The number of carboxylic acid groups (broad SMARTS) is 1. The van der Waals surface area contributed by atoms with Crippen LogP contribution in [0.5, 0.6) is 0 Å². The summed E-state index contributed by atoms with van der Waals surface area (Å²) >= 11 is 0. The summed E-state index contributed by atoms with van der Waals surface area (Å²) < 4.78 is 47.9. The number of aromatic carboxylic acids is 1. The number of nitrogens with zero attached hydrogens (tertiary/aromatic N) is 3. The molecular weight excluding hydrogens is 495 g/mol. The van der Waals surface area contributed by atoms with Gasteiger partial charge in [-0.3, -0.25) is 18.7 Å². The van der Waals surface area contributed by atoms with Gasteiger partial charge in [0.25, 0.3) is 5.56 Å². The van der Waals surface area contributed by atoms with Gasteiger partial charge in [-0.15, -0.1) is 0 Å². The lowest BCUT2D eigenvalue weighted by atomic mass is 9.89. The Hall–Kier alpha value is -3.41. The normalized spacial score (nSPS) is 24.2. The number of carbonyl (C=O) groups excluding carboxylic acids is 1. The molecule has 0 spiro atoms. The topological polar surface area (TPSA) is 111 Å². The smallest absolute Gasteiger partial charge is 0.416 e. The van der Waals surface area contributed by atoms with Gasteiger partial charge in [-0.05, 0) is 55.7 Å². The van der Waals surface area contributed by atoms with E-state index in [4.69, 9.17) is 4.74 Å². The van der Waals surface area contributed by atoms with Gasteiger partial charge in [0.15, 0.2) is 0 Å². The molecule has 9 nitrogen and oxygen atoms in total. The molecule has 1 aromatic heterocycles. The van der Waals surface area contributed by atoms with Crippen LogP contribution in [0.15, 0.2) is 34.0 Å². The largest absolute Gasteiger partial charge is 0.477 e. The van der Waals surface area contributed by atoms with Gasteiger partial charge in [0, 0.05) is 24.8 Å². The molecule has 5 rings (SSSR count). The Labute approximate surface area is 209 Å². The number of morpholine rings is 1. The van der Waals surface area contributed by atoms with E-state index in [9.17, 15) is 37.5 Å². The molecule has 0 bridgehead atoms. The van der Waals surface area contributed by atoms with Gasteiger partial charge in [-0.1, -0.05) is 12.1 Å². The molecule has 2 aromatic rings. The molecule has 0 radical (unpaired) electrons. The fraction of sp³-hybridized carbons (Fsp3) is 0.520. The summed E-state index contributed by atoms with van der Waals surface area (Å²) in [6, 6.07) is 2.23. The molecule has 1 atom stereocenters. The van der Waals surface area contributed by atoms with Gasteiger partial charge in [0.1, 0.15) is 12.2 Å². The van der Waals surface area contributed by atoms with Crippen LogP contribution in [0.2, 0.25) is 0 Å². The number of amides is 1. The molecule has 2 fully saturated rings. The summed E-state index contributed by atoms with van der Waals surface area (Å²) in [6.07, 6.45) is -1.32. The maximum absolute atomic E-state index is 13.6. The number of aromatic nitrogens is 2. The lowest BCUT2D eigenvalue weighted by Crippen LogP contribution is -2.50. The Morgan fingerprint density at radius 2 is 1.73 bits per heavy atom. The standard InChI is InChI=1S/C25H26F3N3O6/c26-25(27,28)19-3-1-2-17-16(19)8-9-20(17)31-22(33)18(23(34)35)12-30(24(31)36)15-6-4-14(5-7-15)29-10-11-37-13-21(29)32/h1-3,12,14-15,20H,4-11,13H2,(H,34,35)/t14-,15-,20-/m1/s1. The van der Waals surface area contributed by atoms with Crippen molar-refractivity contribution in [2.75, 3.05) is 19.8 Å². The maximum Gasteiger partial charge on any atom is 0.416 e. The van der Waals surface area contributed by atoms with Gasteiger partial charge >= 0.3 is 17.8 Å². The van der Waals surface area contributed by atoms with Gasteiger partial charge in [0.05, 0.1) is 18.2 Å². The molecule has 37 heavy (non-hydrogen) atoms. The molecule has 2 heterocycles.